The molecule has 0 fully saturated rings. The highest BCUT2D eigenvalue weighted by atomic mass is 16.5. The van der Waals surface area contributed by atoms with Gasteiger partial charge in [0.15, 0.2) is 0 Å². The standard InChI is InChI=1S/C27H26N2O6/c30-25(29-19-7-5-6-18(14-19)15-26(31)32)17-34-13-12-28-27(33)35-16-24-22-10-3-1-8-20(22)21-9-2-4-11-23(21)24/h1-11,14,24H,12-13,15-17H2,(H,28,33)(H,29,30)(H,31,32). The number of benzene rings is 3. The van der Waals surface area contributed by atoms with Crippen molar-refractivity contribution in [2.24, 2.45) is 0 Å². The second-order valence-electron chi connectivity index (χ2n) is 8.12. The van der Waals surface area contributed by atoms with Crippen molar-refractivity contribution in [3.05, 3.63) is 89.5 Å². The van der Waals surface area contributed by atoms with Crippen molar-refractivity contribution in [3.8, 4) is 11.1 Å². The van der Waals surface area contributed by atoms with Crippen molar-refractivity contribution < 1.29 is 29.0 Å². The zero-order valence-corrected chi connectivity index (χ0v) is 19.0. The monoisotopic (exact) mass is 474 g/mol. The minimum Gasteiger partial charge on any atom is -0.481 e. The summed E-state index contributed by atoms with van der Waals surface area (Å²) in [5, 5.41) is 14.2. The molecular weight excluding hydrogens is 448 g/mol. The molecule has 8 heteroatoms. The van der Waals surface area contributed by atoms with Crippen molar-refractivity contribution in [2.45, 2.75) is 12.3 Å². The van der Waals surface area contributed by atoms with E-state index in [4.69, 9.17) is 14.6 Å². The predicted molar refractivity (Wildman–Crippen MR) is 130 cm³/mol. The molecule has 3 aromatic carbocycles. The molecule has 0 atom stereocenters. The van der Waals surface area contributed by atoms with Gasteiger partial charge >= 0.3 is 12.1 Å². The lowest BCUT2D eigenvalue weighted by Crippen LogP contribution is -2.30. The van der Waals surface area contributed by atoms with Crippen LogP contribution in [0.5, 0.6) is 0 Å². The number of rotatable bonds is 10. The summed E-state index contributed by atoms with van der Waals surface area (Å²) in [6.07, 6.45) is -0.669. The summed E-state index contributed by atoms with van der Waals surface area (Å²) >= 11 is 0. The van der Waals surface area contributed by atoms with Crippen LogP contribution in [0.1, 0.15) is 22.6 Å². The molecule has 8 nitrogen and oxygen atoms in total. The number of hydrogen-bond donors (Lipinski definition) is 3. The molecule has 0 spiro atoms. The second kappa shape index (κ2) is 11.3. The van der Waals surface area contributed by atoms with E-state index in [0.29, 0.717) is 11.3 Å². The number of hydrogen-bond acceptors (Lipinski definition) is 5. The Hall–Kier alpha value is -4.17. The Morgan fingerprint density at radius 2 is 1.57 bits per heavy atom. The maximum atomic E-state index is 12.2. The second-order valence-corrected chi connectivity index (χ2v) is 8.12. The first-order chi connectivity index (χ1) is 17.0. The smallest absolute Gasteiger partial charge is 0.407 e. The Morgan fingerprint density at radius 3 is 2.26 bits per heavy atom. The molecule has 3 aromatic rings. The molecule has 3 N–H and O–H groups in total. The number of alkyl carbamates (subject to hydrolysis) is 1. The van der Waals surface area contributed by atoms with Gasteiger partial charge in [0.2, 0.25) is 5.91 Å². The van der Waals surface area contributed by atoms with Gasteiger partial charge in [-0.05, 0) is 39.9 Å². The zero-order valence-electron chi connectivity index (χ0n) is 19.0. The number of anilines is 1. The molecule has 2 amide bonds. The number of nitrogens with one attached hydrogen (secondary N) is 2. The summed E-state index contributed by atoms with van der Waals surface area (Å²) in [6.45, 7) is 0.355. The topological polar surface area (TPSA) is 114 Å². The number of ether oxygens (including phenoxy) is 2. The Labute approximate surface area is 202 Å². The minimum absolute atomic E-state index is 0.0119. The van der Waals surface area contributed by atoms with E-state index in [9.17, 15) is 14.4 Å². The molecule has 0 saturated carbocycles. The molecule has 0 aromatic heterocycles. The number of fused-ring (bicyclic) bond motifs is 3. The van der Waals surface area contributed by atoms with Gasteiger partial charge in [-0.15, -0.1) is 0 Å². The Bertz CT molecular complexity index is 1180. The predicted octanol–water partition coefficient (Wildman–Crippen LogP) is 3.81. The summed E-state index contributed by atoms with van der Waals surface area (Å²) in [4.78, 5) is 35.0. The highest BCUT2D eigenvalue weighted by Gasteiger charge is 2.28. The van der Waals surface area contributed by atoms with Crippen molar-refractivity contribution in [2.75, 3.05) is 31.7 Å². The molecule has 0 unspecified atom stereocenters. The number of carboxylic acids is 1. The third kappa shape index (κ3) is 6.24. The first kappa shape index (κ1) is 24.0. The van der Waals surface area contributed by atoms with Crippen LogP contribution in [0.3, 0.4) is 0 Å². The summed E-state index contributed by atoms with van der Waals surface area (Å²) in [6, 6.07) is 22.9. The summed E-state index contributed by atoms with van der Waals surface area (Å²) in [5.41, 5.74) is 5.70. The number of amides is 2. The van der Waals surface area contributed by atoms with Crippen LogP contribution in [-0.2, 0) is 25.5 Å². The van der Waals surface area contributed by atoms with Gasteiger partial charge in [-0.25, -0.2) is 4.79 Å². The minimum atomic E-state index is -0.944. The molecule has 0 bridgehead atoms. The quantitative estimate of drug-likeness (QED) is 0.385. The number of carbonyl (C=O) groups is 3. The fraction of sp³-hybridized carbons (Fsp3) is 0.222. The average Bonchev–Trinajstić information content (AvgIpc) is 3.16. The maximum Gasteiger partial charge on any atom is 0.407 e. The van der Waals surface area contributed by atoms with Crippen LogP contribution in [0, 0.1) is 0 Å². The van der Waals surface area contributed by atoms with Gasteiger partial charge in [0.05, 0.1) is 13.0 Å². The van der Waals surface area contributed by atoms with Gasteiger partial charge in [-0.2, -0.15) is 0 Å². The summed E-state index contributed by atoms with van der Waals surface area (Å²) in [7, 11) is 0. The first-order valence-corrected chi connectivity index (χ1v) is 11.3. The molecule has 1 aliphatic rings. The molecule has 35 heavy (non-hydrogen) atoms. The third-order valence-corrected chi connectivity index (χ3v) is 5.66. The molecule has 0 heterocycles. The van der Waals surface area contributed by atoms with E-state index in [2.05, 4.69) is 34.9 Å². The Balaban J connectivity index is 1.16. The van der Waals surface area contributed by atoms with Crippen LogP contribution >= 0.6 is 0 Å². The fourth-order valence-electron chi connectivity index (χ4n) is 4.17. The highest BCUT2D eigenvalue weighted by Crippen LogP contribution is 2.44. The third-order valence-electron chi connectivity index (χ3n) is 5.66. The first-order valence-electron chi connectivity index (χ1n) is 11.3. The fourth-order valence-corrected chi connectivity index (χ4v) is 4.17. The molecule has 1 aliphatic carbocycles. The van der Waals surface area contributed by atoms with Gasteiger partial charge in [0, 0.05) is 18.2 Å². The number of carboxylic acid groups (broad SMARTS) is 1. The molecule has 0 saturated heterocycles. The van der Waals surface area contributed by atoms with Crippen LogP contribution in [-0.4, -0.2) is 49.4 Å². The van der Waals surface area contributed by atoms with E-state index >= 15 is 0 Å². The molecule has 0 aliphatic heterocycles. The van der Waals surface area contributed by atoms with E-state index in [1.54, 1.807) is 24.3 Å². The van der Waals surface area contributed by atoms with E-state index < -0.39 is 12.1 Å². The van der Waals surface area contributed by atoms with Gasteiger partial charge in [0.1, 0.15) is 13.2 Å². The lowest BCUT2D eigenvalue weighted by Gasteiger charge is -2.14. The van der Waals surface area contributed by atoms with Crippen LogP contribution < -0.4 is 10.6 Å². The molecule has 4 rings (SSSR count). The highest BCUT2D eigenvalue weighted by molar-refractivity contribution is 5.91. The lowest BCUT2D eigenvalue weighted by molar-refractivity contribution is -0.136. The lowest BCUT2D eigenvalue weighted by atomic mass is 9.98. The SMILES string of the molecule is O=C(O)Cc1cccc(NC(=O)COCCNC(=O)OCC2c3ccccc3-c3ccccc32)c1. The van der Waals surface area contributed by atoms with Gasteiger partial charge in [0.25, 0.3) is 0 Å². The normalized spacial score (nSPS) is 11.9. The van der Waals surface area contributed by atoms with E-state index in [0.717, 1.165) is 22.3 Å². The van der Waals surface area contributed by atoms with Crippen LogP contribution in [0.15, 0.2) is 72.8 Å². The molecule has 180 valence electrons. The van der Waals surface area contributed by atoms with Gasteiger partial charge < -0.3 is 25.2 Å². The molecule has 0 radical (unpaired) electrons. The maximum absolute atomic E-state index is 12.2. The number of aliphatic carboxylic acids is 1. The van der Waals surface area contributed by atoms with E-state index in [1.165, 1.54) is 0 Å². The van der Waals surface area contributed by atoms with Crippen molar-refractivity contribution in [1.82, 2.24) is 5.32 Å². The van der Waals surface area contributed by atoms with Gasteiger partial charge in [-0.3, -0.25) is 9.59 Å². The van der Waals surface area contributed by atoms with Crippen molar-refractivity contribution in [1.29, 1.82) is 0 Å². The Kier molecular flexibility index (Phi) is 7.74. The van der Waals surface area contributed by atoms with Crippen molar-refractivity contribution >= 4 is 23.7 Å². The van der Waals surface area contributed by atoms with E-state index in [1.807, 2.05) is 24.3 Å². The van der Waals surface area contributed by atoms with Crippen LogP contribution in [0.25, 0.3) is 11.1 Å². The largest absolute Gasteiger partial charge is 0.481 e. The summed E-state index contributed by atoms with van der Waals surface area (Å²) < 4.78 is 10.8. The Morgan fingerprint density at radius 1 is 0.886 bits per heavy atom. The van der Waals surface area contributed by atoms with Crippen LogP contribution in [0.4, 0.5) is 10.5 Å². The van der Waals surface area contributed by atoms with Crippen LogP contribution in [0.2, 0.25) is 0 Å². The number of carbonyl (C=O) groups excluding carboxylic acids is 2. The summed E-state index contributed by atoms with van der Waals surface area (Å²) in [5.74, 6) is -1.33. The molecular formula is C27H26N2O6. The average molecular weight is 475 g/mol. The van der Waals surface area contributed by atoms with Crippen molar-refractivity contribution in [3.63, 3.8) is 0 Å². The zero-order chi connectivity index (χ0) is 24.6. The van der Waals surface area contributed by atoms with E-state index in [-0.39, 0.29) is 44.6 Å². The van der Waals surface area contributed by atoms with Gasteiger partial charge in [-0.1, -0.05) is 60.7 Å².